The van der Waals surface area contributed by atoms with Gasteiger partial charge in [-0.25, -0.2) is 0 Å². The SMILES string of the molecule is Nc1ccn(CCC(F)(F)C(F)(F)F)n1. The highest BCUT2D eigenvalue weighted by Crippen LogP contribution is 2.38. The molecule has 0 aliphatic carbocycles. The Kier molecular flexibility index (Phi) is 2.87. The first kappa shape index (κ1) is 11.7. The fourth-order valence-electron chi connectivity index (χ4n) is 0.899. The van der Waals surface area contributed by atoms with Crippen LogP contribution in [-0.4, -0.2) is 21.9 Å². The van der Waals surface area contributed by atoms with Gasteiger partial charge in [0.2, 0.25) is 0 Å². The third kappa shape index (κ3) is 2.80. The average Bonchev–Trinajstić information content (AvgIpc) is 2.46. The molecule has 0 atom stereocenters. The molecule has 1 aromatic rings. The van der Waals surface area contributed by atoms with E-state index >= 15 is 0 Å². The van der Waals surface area contributed by atoms with E-state index in [2.05, 4.69) is 5.10 Å². The largest absolute Gasteiger partial charge is 0.453 e. The molecular weight excluding hydrogens is 221 g/mol. The minimum atomic E-state index is -5.52. The van der Waals surface area contributed by atoms with Crippen LogP contribution in [0.15, 0.2) is 12.3 Å². The summed E-state index contributed by atoms with van der Waals surface area (Å²) < 4.78 is 61.0. The van der Waals surface area contributed by atoms with Gasteiger partial charge < -0.3 is 5.73 Å². The lowest BCUT2D eigenvalue weighted by atomic mass is 10.2. The third-order valence-corrected chi connectivity index (χ3v) is 1.73. The summed E-state index contributed by atoms with van der Waals surface area (Å²) in [5.41, 5.74) is 5.16. The topological polar surface area (TPSA) is 43.8 Å². The maximum absolute atomic E-state index is 12.4. The molecule has 0 saturated carbocycles. The van der Waals surface area contributed by atoms with Gasteiger partial charge in [-0.2, -0.15) is 27.1 Å². The van der Waals surface area contributed by atoms with Gasteiger partial charge in [-0.05, 0) is 6.07 Å². The fourth-order valence-corrected chi connectivity index (χ4v) is 0.899. The summed E-state index contributed by atoms with van der Waals surface area (Å²) in [6.07, 6.45) is -5.63. The Morgan fingerprint density at radius 1 is 1.27 bits per heavy atom. The van der Waals surface area contributed by atoms with Crippen LogP contribution in [0.5, 0.6) is 0 Å². The number of hydrogen-bond acceptors (Lipinski definition) is 2. The molecule has 0 aromatic carbocycles. The predicted molar refractivity (Wildman–Crippen MR) is 42.3 cm³/mol. The molecule has 0 amide bonds. The monoisotopic (exact) mass is 229 g/mol. The predicted octanol–water partition coefficient (Wildman–Crippen LogP) is 2.05. The number of nitrogens with zero attached hydrogens (tertiary/aromatic N) is 2. The number of halogens is 5. The van der Waals surface area contributed by atoms with E-state index in [1.54, 1.807) is 0 Å². The molecule has 2 N–H and O–H groups in total. The highest BCUT2D eigenvalue weighted by atomic mass is 19.4. The van der Waals surface area contributed by atoms with Crippen molar-refractivity contribution in [2.24, 2.45) is 0 Å². The van der Waals surface area contributed by atoms with Crippen molar-refractivity contribution in [2.75, 3.05) is 5.73 Å². The zero-order chi connectivity index (χ0) is 11.7. The molecule has 1 heterocycles. The highest BCUT2D eigenvalue weighted by molar-refractivity contribution is 5.23. The molecular formula is C7H8F5N3. The Morgan fingerprint density at radius 2 is 1.87 bits per heavy atom. The summed E-state index contributed by atoms with van der Waals surface area (Å²) in [6, 6.07) is 1.31. The van der Waals surface area contributed by atoms with Gasteiger partial charge >= 0.3 is 12.1 Å². The van der Waals surface area contributed by atoms with Crippen molar-refractivity contribution in [2.45, 2.75) is 25.1 Å². The van der Waals surface area contributed by atoms with Crippen LogP contribution in [-0.2, 0) is 6.54 Å². The van der Waals surface area contributed by atoms with Crippen molar-refractivity contribution in [1.82, 2.24) is 9.78 Å². The lowest BCUT2D eigenvalue weighted by Crippen LogP contribution is -2.37. The van der Waals surface area contributed by atoms with Crippen molar-refractivity contribution in [3.63, 3.8) is 0 Å². The van der Waals surface area contributed by atoms with Crippen molar-refractivity contribution in [3.8, 4) is 0 Å². The molecule has 1 rings (SSSR count). The summed E-state index contributed by atoms with van der Waals surface area (Å²) in [4.78, 5) is 0. The molecule has 15 heavy (non-hydrogen) atoms. The van der Waals surface area contributed by atoms with Gasteiger partial charge in [-0.15, -0.1) is 0 Å². The minimum absolute atomic E-state index is 0.0744. The van der Waals surface area contributed by atoms with E-state index in [0.717, 1.165) is 4.68 Å². The van der Waals surface area contributed by atoms with Gasteiger partial charge in [0.15, 0.2) is 0 Å². The Balaban J connectivity index is 2.57. The van der Waals surface area contributed by atoms with E-state index in [4.69, 9.17) is 5.73 Å². The van der Waals surface area contributed by atoms with Crippen LogP contribution >= 0.6 is 0 Å². The first-order valence-electron chi connectivity index (χ1n) is 3.96. The summed E-state index contributed by atoms with van der Waals surface area (Å²) in [5.74, 6) is -4.63. The van der Waals surface area contributed by atoms with Crippen molar-refractivity contribution < 1.29 is 22.0 Å². The number of nitrogens with two attached hydrogens (primary N) is 1. The second-order valence-electron chi connectivity index (χ2n) is 2.96. The van der Waals surface area contributed by atoms with Crippen molar-refractivity contribution >= 4 is 5.82 Å². The molecule has 1 aromatic heterocycles. The van der Waals surface area contributed by atoms with Gasteiger partial charge in [0.25, 0.3) is 0 Å². The van der Waals surface area contributed by atoms with Crippen LogP contribution in [0.3, 0.4) is 0 Å². The van der Waals surface area contributed by atoms with Crippen LogP contribution < -0.4 is 5.73 Å². The quantitative estimate of drug-likeness (QED) is 0.806. The zero-order valence-electron chi connectivity index (χ0n) is 7.43. The Labute approximate surface area is 81.7 Å². The maximum Gasteiger partial charge on any atom is 0.453 e. The molecule has 86 valence electrons. The van der Waals surface area contributed by atoms with Crippen LogP contribution in [0, 0.1) is 0 Å². The summed E-state index contributed by atoms with van der Waals surface area (Å²) in [5, 5.41) is 3.49. The molecule has 0 bridgehead atoms. The van der Waals surface area contributed by atoms with E-state index in [-0.39, 0.29) is 5.82 Å². The molecule has 3 nitrogen and oxygen atoms in total. The van der Waals surface area contributed by atoms with E-state index in [0.29, 0.717) is 0 Å². The second-order valence-corrected chi connectivity index (χ2v) is 2.96. The first-order chi connectivity index (χ1) is 6.72. The number of anilines is 1. The standard InChI is InChI=1S/C7H8F5N3/c8-6(9,7(10,11)12)2-4-15-3-1-5(13)14-15/h1,3H,2,4H2,(H2,13,14). The summed E-state index contributed by atoms with van der Waals surface area (Å²) >= 11 is 0. The van der Waals surface area contributed by atoms with Crippen LogP contribution in [0.4, 0.5) is 27.8 Å². The second kappa shape index (κ2) is 3.67. The molecule has 0 aliphatic heterocycles. The maximum atomic E-state index is 12.4. The Morgan fingerprint density at radius 3 is 2.27 bits per heavy atom. The lowest BCUT2D eigenvalue weighted by Gasteiger charge is -2.19. The first-order valence-corrected chi connectivity index (χ1v) is 3.96. The van der Waals surface area contributed by atoms with Crippen LogP contribution in [0.1, 0.15) is 6.42 Å². The Hall–Kier alpha value is -1.34. The molecule has 0 unspecified atom stereocenters. The van der Waals surface area contributed by atoms with E-state index in [1.165, 1.54) is 12.3 Å². The number of nitrogen functional groups attached to an aromatic ring is 1. The van der Waals surface area contributed by atoms with Crippen molar-refractivity contribution in [1.29, 1.82) is 0 Å². The molecule has 0 fully saturated rings. The molecule has 8 heteroatoms. The lowest BCUT2D eigenvalue weighted by molar-refractivity contribution is -0.285. The summed E-state index contributed by atoms with van der Waals surface area (Å²) in [7, 11) is 0. The number of rotatable bonds is 3. The fraction of sp³-hybridized carbons (Fsp3) is 0.571. The van der Waals surface area contributed by atoms with Crippen LogP contribution in [0.25, 0.3) is 0 Å². The highest BCUT2D eigenvalue weighted by Gasteiger charge is 2.56. The van der Waals surface area contributed by atoms with Gasteiger partial charge in [0.1, 0.15) is 5.82 Å². The minimum Gasteiger partial charge on any atom is -0.382 e. The zero-order valence-corrected chi connectivity index (χ0v) is 7.43. The normalized spacial score (nSPS) is 13.1. The number of hydrogen-bond donors (Lipinski definition) is 1. The molecule has 0 saturated heterocycles. The van der Waals surface area contributed by atoms with Gasteiger partial charge in [0.05, 0.1) is 0 Å². The molecule has 0 radical (unpaired) electrons. The van der Waals surface area contributed by atoms with E-state index in [1.807, 2.05) is 0 Å². The average molecular weight is 229 g/mol. The smallest absolute Gasteiger partial charge is 0.382 e. The Bertz CT molecular complexity index is 330. The third-order valence-electron chi connectivity index (χ3n) is 1.73. The van der Waals surface area contributed by atoms with Crippen molar-refractivity contribution in [3.05, 3.63) is 12.3 Å². The van der Waals surface area contributed by atoms with Gasteiger partial charge in [0, 0.05) is 19.2 Å². The molecule has 0 spiro atoms. The van der Waals surface area contributed by atoms with Gasteiger partial charge in [-0.1, -0.05) is 0 Å². The number of aryl methyl sites for hydroxylation is 1. The summed E-state index contributed by atoms with van der Waals surface area (Å²) in [6.45, 7) is -0.538. The number of alkyl halides is 5. The van der Waals surface area contributed by atoms with Gasteiger partial charge in [-0.3, -0.25) is 4.68 Å². The van der Waals surface area contributed by atoms with Crippen LogP contribution in [0.2, 0.25) is 0 Å². The molecule has 0 aliphatic rings. The van der Waals surface area contributed by atoms with E-state index in [9.17, 15) is 22.0 Å². The van der Waals surface area contributed by atoms with E-state index < -0.39 is 25.1 Å². The number of aromatic nitrogens is 2.